The Kier molecular flexibility index (Phi) is 6.12. The molecule has 0 radical (unpaired) electrons. The molecule has 90 valence electrons. The van der Waals surface area contributed by atoms with Gasteiger partial charge in [0.05, 0.1) is 11.4 Å². The molecule has 0 unspecified atom stereocenters. The predicted octanol–water partition coefficient (Wildman–Crippen LogP) is 2.33. The van der Waals surface area contributed by atoms with E-state index in [2.05, 4.69) is 12.2 Å². The Balaban J connectivity index is 4.00. The van der Waals surface area contributed by atoms with Gasteiger partial charge in [-0.05, 0) is 13.8 Å². The molecular weight excluding hydrogens is 225 g/mol. The maximum atomic E-state index is 12.0. The number of nitrogens with two attached hydrogens (primary N) is 1. The van der Waals surface area contributed by atoms with E-state index in [9.17, 15) is 13.2 Å². The van der Waals surface area contributed by atoms with Gasteiger partial charge in [-0.15, -0.1) is 0 Å². The molecule has 0 atom stereocenters. The van der Waals surface area contributed by atoms with E-state index in [-0.39, 0.29) is 12.6 Å². The predicted molar refractivity (Wildman–Crippen MR) is 58.8 cm³/mol. The summed E-state index contributed by atoms with van der Waals surface area (Å²) in [6.45, 7) is 4.21. The Morgan fingerprint density at radius 2 is 1.87 bits per heavy atom. The van der Waals surface area contributed by atoms with Crippen molar-refractivity contribution in [2.75, 3.05) is 13.1 Å². The first kappa shape index (κ1) is 14.6. The van der Waals surface area contributed by atoms with Gasteiger partial charge < -0.3 is 10.6 Å². The number of rotatable bonds is 6. The first-order valence-electron chi connectivity index (χ1n) is 4.81. The van der Waals surface area contributed by atoms with E-state index >= 15 is 0 Å². The molecule has 0 aromatic carbocycles. The van der Waals surface area contributed by atoms with Crippen LogP contribution < -0.4 is 5.73 Å². The van der Waals surface area contributed by atoms with Crippen molar-refractivity contribution < 1.29 is 13.2 Å². The number of hydrogen-bond donors (Lipinski definition) is 1. The molecule has 0 aliphatic carbocycles. The molecular formula is C9H17F3N2S. The minimum Gasteiger partial charge on any atom is -0.393 e. The monoisotopic (exact) mass is 242 g/mol. The van der Waals surface area contributed by atoms with Gasteiger partial charge in [-0.2, -0.15) is 13.2 Å². The molecule has 0 spiro atoms. The zero-order chi connectivity index (χ0) is 12.1. The van der Waals surface area contributed by atoms with Crippen molar-refractivity contribution in [2.24, 2.45) is 5.73 Å². The Morgan fingerprint density at radius 1 is 1.33 bits per heavy atom. The summed E-state index contributed by atoms with van der Waals surface area (Å²) in [6.07, 6.45) is -4.43. The summed E-state index contributed by atoms with van der Waals surface area (Å²) >= 11 is 4.69. The van der Waals surface area contributed by atoms with Crippen LogP contribution in [0.1, 0.15) is 26.7 Å². The molecule has 0 aliphatic heterocycles. The van der Waals surface area contributed by atoms with Crippen molar-refractivity contribution in [3.63, 3.8) is 0 Å². The van der Waals surface area contributed by atoms with E-state index in [0.717, 1.165) is 0 Å². The van der Waals surface area contributed by atoms with Crippen LogP contribution >= 0.6 is 12.2 Å². The van der Waals surface area contributed by atoms with Crippen LogP contribution in [0.25, 0.3) is 0 Å². The van der Waals surface area contributed by atoms with E-state index < -0.39 is 12.6 Å². The molecule has 0 aromatic rings. The summed E-state index contributed by atoms with van der Waals surface area (Å²) in [5, 5.41) is 0. The minimum absolute atomic E-state index is 0.00375. The Bertz CT molecular complexity index is 204. The lowest BCUT2D eigenvalue weighted by atomic mass is 10.2. The van der Waals surface area contributed by atoms with Gasteiger partial charge in [0.15, 0.2) is 0 Å². The highest BCUT2D eigenvalue weighted by Crippen LogP contribution is 2.20. The van der Waals surface area contributed by atoms with Crippen molar-refractivity contribution in [3.05, 3.63) is 0 Å². The number of nitrogens with zero attached hydrogens (tertiary/aromatic N) is 1. The largest absolute Gasteiger partial charge is 0.393 e. The highest BCUT2D eigenvalue weighted by molar-refractivity contribution is 7.80. The van der Waals surface area contributed by atoms with Crippen molar-refractivity contribution >= 4 is 17.2 Å². The van der Waals surface area contributed by atoms with Crippen LogP contribution in [0, 0.1) is 0 Å². The lowest BCUT2D eigenvalue weighted by molar-refractivity contribution is -0.138. The molecule has 0 bridgehead atoms. The SMILES string of the molecule is CC(C)N(CCC(N)=S)CCC(F)(F)F. The van der Waals surface area contributed by atoms with Crippen molar-refractivity contribution in [2.45, 2.75) is 38.9 Å². The number of thiocarbonyl (C=S) groups is 1. The summed E-state index contributed by atoms with van der Waals surface area (Å²) in [6, 6.07) is 0.0710. The molecule has 0 saturated heterocycles. The van der Waals surface area contributed by atoms with Crippen LogP contribution in [-0.4, -0.2) is 35.2 Å². The number of alkyl halides is 3. The van der Waals surface area contributed by atoms with Gasteiger partial charge in [0.2, 0.25) is 0 Å². The highest BCUT2D eigenvalue weighted by Gasteiger charge is 2.28. The fourth-order valence-corrected chi connectivity index (χ4v) is 1.24. The summed E-state index contributed by atoms with van der Waals surface area (Å²) in [5.41, 5.74) is 5.31. The zero-order valence-corrected chi connectivity index (χ0v) is 9.79. The van der Waals surface area contributed by atoms with E-state index in [1.807, 2.05) is 13.8 Å². The average Bonchev–Trinajstić information content (AvgIpc) is 2.00. The van der Waals surface area contributed by atoms with E-state index in [4.69, 9.17) is 5.73 Å². The Labute approximate surface area is 93.6 Å². The second-order valence-corrected chi connectivity index (χ2v) is 4.24. The van der Waals surface area contributed by atoms with Crippen LogP contribution in [0.2, 0.25) is 0 Å². The molecule has 2 nitrogen and oxygen atoms in total. The molecule has 0 rings (SSSR count). The van der Waals surface area contributed by atoms with Crippen LogP contribution in [0.15, 0.2) is 0 Å². The third-order valence-electron chi connectivity index (χ3n) is 2.06. The third kappa shape index (κ3) is 8.62. The maximum Gasteiger partial charge on any atom is 0.390 e. The zero-order valence-electron chi connectivity index (χ0n) is 8.97. The topological polar surface area (TPSA) is 29.3 Å². The van der Waals surface area contributed by atoms with Crippen LogP contribution in [0.3, 0.4) is 0 Å². The molecule has 6 heteroatoms. The summed E-state index contributed by atoms with van der Waals surface area (Å²) in [4.78, 5) is 2.07. The Hall–Kier alpha value is -0.360. The van der Waals surface area contributed by atoms with Crippen molar-refractivity contribution in [3.8, 4) is 0 Å². The maximum absolute atomic E-state index is 12.0. The van der Waals surface area contributed by atoms with Crippen LogP contribution in [0.5, 0.6) is 0 Å². The summed E-state index contributed by atoms with van der Waals surface area (Å²) in [5.74, 6) is 0. The number of hydrogen-bond acceptors (Lipinski definition) is 2. The minimum atomic E-state index is -4.10. The smallest absolute Gasteiger partial charge is 0.390 e. The quantitative estimate of drug-likeness (QED) is 0.725. The molecule has 0 amide bonds. The molecule has 0 fully saturated rings. The standard InChI is InChI=1S/C9H17F3N2S/c1-7(2)14(5-3-8(13)15)6-4-9(10,11)12/h7H,3-6H2,1-2H3,(H2,13,15). The normalized spacial score (nSPS) is 12.5. The lowest BCUT2D eigenvalue weighted by Crippen LogP contribution is -2.36. The molecule has 2 N–H and O–H groups in total. The molecule has 0 aliphatic rings. The first-order valence-corrected chi connectivity index (χ1v) is 5.22. The molecule has 0 heterocycles. The van der Waals surface area contributed by atoms with Crippen molar-refractivity contribution in [1.82, 2.24) is 4.90 Å². The van der Waals surface area contributed by atoms with Gasteiger partial charge in [-0.1, -0.05) is 12.2 Å². The summed E-state index contributed by atoms with van der Waals surface area (Å²) in [7, 11) is 0. The van der Waals surface area contributed by atoms with E-state index in [0.29, 0.717) is 18.0 Å². The molecule has 15 heavy (non-hydrogen) atoms. The summed E-state index contributed by atoms with van der Waals surface area (Å²) < 4.78 is 36.0. The van der Waals surface area contributed by atoms with Crippen molar-refractivity contribution in [1.29, 1.82) is 0 Å². The van der Waals surface area contributed by atoms with Gasteiger partial charge in [0, 0.05) is 25.6 Å². The van der Waals surface area contributed by atoms with Crippen LogP contribution in [-0.2, 0) is 0 Å². The van der Waals surface area contributed by atoms with E-state index in [1.165, 1.54) is 0 Å². The van der Waals surface area contributed by atoms with Crippen LogP contribution in [0.4, 0.5) is 13.2 Å². The van der Waals surface area contributed by atoms with Gasteiger partial charge in [-0.25, -0.2) is 0 Å². The van der Waals surface area contributed by atoms with Gasteiger partial charge in [0.1, 0.15) is 0 Å². The average molecular weight is 242 g/mol. The van der Waals surface area contributed by atoms with Gasteiger partial charge >= 0.3 is 6.18 Å². The van der Waals surface area contributed by atoms with Gasteiger partial charge in [0.25, 0.3) is 0 Å². The third-order valence-corrected chi connectivity index (χ3v) is 2.26. The Morgan fingerprint density at radius 3 is 2.20 bits per heavy atom. The second kappa shape index (κ2) is 6.27. The second-order valence-electron chi connectivity index (χ2n) is 3.71. The lowest BCUT2D eigenvalue weighted by Gasteiger charge is -2.26. The first-order chi connectivity index (χ1) is 6.72. The fraction of sp³-hybridized carbons (Fsp3) is 0.889. The fourth-order valence-electron chi connectivity index (χ4n) is 1.15. The molecule has 0 saturated carbocycles. The highest BCUT2D eigenvalue weighted by atomic mass is 32.1. The number of halogens is 3. The molecule has 0 aromatic heterocycles. The van der Waals surface area contributed by atoms with Gasteiger partial charge in [-0.3, -0.25) is 0 Å². The van der Waals surface area contributed by atoms with E-state index in [1.54, 1.807) is 4.90 Å².